The Morgan fingerprint density at radius 2 is 2.10 bits per heavy atom. The van der Waals surface area contributed by atoms with Crippen molar-refractivity contribution in [2.45, 2.75) is 38.0 Å². The Morgan fingerprint density at radius 3 is 2.95 bits per heavy atom. The molecule has 0 bridgehead atoms. The van der Waals surface area contributed by atoms with Crippen LogP contribution in [0.25, 0.3) is 0 Å². The van der Waals surface area contributed by atoms with Crippen LogP contribution in [0, 0.1) is 0 Å². The fourth-order valence-corrected chi connectivity index (χ4v) is 3.32. The molecule has 2 heterocycles. The molecule has 0 spiro atoms. The Kier molecular flexibility index (Phi) is 3.34. The maximum atomic E-state index is 5.93. The van der Waals surface area contributed by atoms with E-state index in [0.717, 1.165) is 37.7 Å². The van der Waals surface area contributed by atoms with Gasteiger partial charge in [0.25, 0.3) is 0 Å². The first-order valence-corrected chi connectivity index (χ1v) is 8.15. The van der Waals surface area contributed by atoms with Crippen molar-refractivity contribution in [2.75, 3.05) is 36.7 Å². The molecule has 0 atom stereocenters. The van der Waals surface area contributed by atoms with Gasteiger partial charge in [0.05, 0.1) is 30.2 Å². The summed E-state index contributed by atoms with van der Waals surface area (Å²) in [5, 5.41) is 2.09. The monoisotopic (exact) mass is 285 g/mol. The molecule has 4 rings (SSSR count). The second-order valence-electron chi connectivity index (χ2n) is 6.37. The number of aliphatic imine (C=N–C) groups is 1. The van der Waals surface area contributed by atoms with Crippen molar-refractivity contribution in [3.8, 4) is 0 Å². The number of hydrogen-bond donors (Lipinski definition) is 0. The van der Waals surface area contributed by atoms with Gasteiger partial charge in [0.2, 0.25) is 0 Å². The third-order valence-corrected chi connectivity index (χ3v) is 4.63. The maximum Gasteiger partial charge on any atom is 0.0884 e. The third kappa shape index (κ3) is 2.53. The van der Waals surface area contributed by atoms with Crippen molar-refractivity contribution in [1.82, 2.24) is 0 Å². The van der Waals surface area contributed by atoms with Crippen molar-refractivity contribution in [1.29, 1.82) is 0 Å². The summed E-state index contributed by atoms with van der Waals surface area (Å²) >= 11 is 0. The molecule has 1 saturated heterocycles. The minimum absolute atomic E-state index is 0.724. The number of hydroxylamine groups is 1. The van der Waals surface area contributed by atoms with Crippen molar-refractivity contribution in [2.24, 2.45) is 4.99 Å². The Hall–Kier alpha value is -1.55. The van der Waals surface area contributed by atoms with Gasteiger partial charge >= 0.3 is 0 Å². The number of nitrogens with zero attached hydrogens (tertiary/aromatic N) is 3. The van der Waals surface area contributed by atoms with Gasteiger partial charge in [-0.25, -0.2) is 0 Å². The van der Waals surface area contributed by atoms with Crippen molar-refractivity contribution in [3.05, 3.63) is 17.7 Å². The first-order chi connectivity index (χ1) is 10.3. The van der Waals surface area contributed by atoms with E-state index >= 15 is 0 Å². The zero-order valence-corrected chi connectivity index (χ0v) is 12.7. The molecule has 2 aliphatic heterocycles. The minimum Gasteiger partial charge on any atom is -0.367 e. The van der Waals surface area contributed by atoms with E-state index in [1.54, 1.807) is 0 Å². The summed E-state index contributed by atoms with van der Waals surface area (Å²) in [6.45, 7) is 2.73. The van der Waals surface area contributed by atoms with Gasteiger partial charge < -0.3 is 4.90 Å². The molecule has 0 N–H and O–H groups in total. The van der Waals surface area contributed by atoms with E-state index in [4.69, 9.17) is 4.84 Å². The fraction of sp³-hybridized carbons (Fsp3) is 0.588. The normalized spacial score (nSPS) is 22.1. The van der Waals surface area contributed by atoms with Gasteiger partial charge in [0.15, 0.2) is 0 Å². The topological polar surface area (TPSA) is 28.1 Å². The summed E-state index contributed by atoms with van der Waals surface area (Å²) in [7, 11) is 2.16. The lowest BCUT2D eigenvalue weighted by molar-refractivity contribution is 0.119. The number of benzene rings is 1. The Labute approximate surface area is 126 Å². The van der Waals surface area contributed by atoms with E-state index in [0.29, 0.717) is 0 Å². The predicted molar refractivity (Wildman–Crippen MR) is 87.0 cm³/mol. The molecule has 0 aromatic heterocycles. The van der Waals surface area contributed by atoms with Gasteiger partial charge in [0, 0.05) is 19.8 Å². The Bertz CT molecular complexity index is 557. The van der Waals surface area contributed by atoms with Crippen LogP contribution in [0.2, 0.25) is 0 Å². The maximum absolute atomic E-state index is 5.93. The Morgan fingerprint density at radius 1 is 1.19 bits per heavy atom. The molecule has 1 aromatic rings. The molecule has 4 nitrogen and oxygen atoms in total. The van der Waals surface area contributed by atoms with Gasteiger partial charge in [-0.2, -0.15) is 0 Å². The first kappa shape index (κ1) is 13.1. The van der Waals surface area contributed by atoms with Gasteiger partial charge in [-0.15, -0.1) is 0 Å². The van der Waals surface area contributed by atoms with E-state index in [1.807, 2.05) is 6.21 Å². The number of fused-ring (bicyclic) bond motifs is 1. The molecule has 2 fully saturated rings. The van der Waals surface area contributed by atoms with Crippen LogP contribution in [0.15, 0.2) is 17.1 Å². The van der Waals surface area contributed by atoms with E-state index < -0.39 is 0 Å². The summed E-state index contributed by atoms with van der Waals surface area (Å²) in [5.74, 6) is 0.724. The highest BCUT2D eigenvalue weighted by atomic mass is 16.7. The number of hydrogen-bond acceptors (Lipinski definition) is 4. The van der Waals surface area contributed by atoms with Crippen LogP contribution >= 0.6 is 0 Å². The lowest BCUT2D eigenvalue weighted by Crippen LogP contribution is -2.26. The number of anilines is 2. The van der Waals surface area contributed by atoms with E-state index in [1.165, 1.54) is 42.6 Å². The van der Waals surface area contributed by atoms with E-state index in [-0.39, 0.29) is 0 Å². The summed E-state index contributed by atoms with van der Waals surface area (Å²) in [6.07, 6.45) is 8.27. The number of rotatable bonds is 2. The van der Waals surface area contributed by atoms with Crippen LogP contribution in [0.5, 0.6) is 0 Å². The van der Waals surface area contributed by atoms with E-state index in [9.17, 15) is 0 Å². The molecule has 0 amide bonds. The fourth-order valence-electron chi connectivity index (χ4n) is 3.32. The summed E-state index contributed by atoms with van der Waals surface area (Å²) in [4.78, 5) is 12.9. The van der Waals surface area contributed by atoms with Crippen LogP contribution in [-0.2, 0) is 4.84 Å². The quantitative estimate of drug-likeness (QED) is 0.830. The average Bonchev–Trinajstić information content (AvgIpc) is 3.33. The molecule has 1 aliphatic carbocycles. The van der Waals surface area contributed by atoms with Gasteiger partial charge in [0.1, 0.15) is 0 Å². The Balaban J connectivity index is 1.75. The lowest BCUT2D eigenvalue weighted by atomic mass is 10.0. The molecular formula is C17H23N3O. The van der Waals surface area contributed by atoms with Crippen LogP contribution < -0.4 is 9.96 Å². The van der Waals surface area contributed by atoms with Crippen molar-refractivity contribution in [3.63, 3.8) is 0 Å². The predicted octanol–water partition coefficient (Wildman–Crippen LogP) is 3.64. The molecule has 3 aliphatic rings. The SMILES string of the molecule is CN1CC=Nc2cc(N3CCCCCO3)cc(C3CC3)c21. The standard InChI is InChI=1S/C17H23N3O/c1-19-9-7-18-16-12-14(20-8-3-2-4-10-21-20)11-15(17(16)19)13-5-6-13/h7,11-13H,2-6,8-10H2,1H3. The largest absolute Gasteiger partial charge is 0.367 e. The van der Waals surface area contributed by atoms with Crippen LogP contribution in [0.3, 0.4) is 0 Å². The second kappa shape index (κ2) is 5.34. The zero-order chi connectivity index (χ0) is 14.2. The smallest absolute Gasteiger partial charge is 0.0884 e. The second-order valence-corrected chi connectivity index (χ2v) is 6.37. The zero-order valence-electron chi connectivity index (χ0n) is 12.7. The highest BCUT2D eigenvalue weighted by Gasteiger charge is 2.30. The molecular weight excluding hydrogens is 262 g/mol. The minimum atomic E-state index is 0.724. The van der Waals surface area contributed by atoms with Gasteiger partial charge in [-0.1, -0.05) is 0 Å². The van der Waals surface area contributed by atoms with Crippen LogP contribution in [0.1, 0.15) is 43.6 Å². The summed E-state index contributed by atoms with van der Waals surface area (Å²) in [5.41, 5.74) is 5.09. The molecule has 4 heteroatoms. The molecule has 1 aromatic carbocycles. The highest BCUT2D eigenvalue weighted by molar-refractivity contribution is 5.86. The average molecular weight is 285 g/mol. The van der Waals surface area contributed by atoms with Crippen LogP contribution in [0.4, 0.5) is 17.1 Å². The van der Waals surface area contributed by atoms with Crippen molar-refractivity contribution >= 4 is 23.3 Å². The first-order valence-electron chi connectivity index (χ1n) is 8.15. The molecule has 1 saturated carbocycles. The molecule has 0 radical (unpaired) electrons. The lowest BCUT2D eigenvalue weighted by Gasteiger charge is -2.29. The highest BCUT2D eigenvalue weighted by Crippen LogP contribution is 2.49. The molecule has 21 heavy (non-hydrogen) atoms. The third-order valence-electron chi connectivity index (χ3n) is 4.63. The van der Waals surface area contributed by atoms with Gasteiger partial charge in [-0.3, -0.25) is 14.9 Å². The van der Waals surface area contributed by atoms with Crippen molar-refractivity contribution < 1.29 is 4.84 Å². The van der Waals surface area contributed by atoms with E-state index in [2.05, 4.69) is 34.1 Å². The summed E-state index contributed by atoms with van der Waals surface area (Å²) in [6, 6.07) is 4.54. The summed E-state index contributed by atoms with van der Waals surface area (Å²) < 4.78 is 0. The molecule has 0 unspecified atom stereocenters. The molecule has 112 valence electrons. The van der Waals surface area contributed by atoms with Crippen LogP contribution in [-0.4, -0.2) is 33.0 Å². The van der Waals surface area contributed by atoms with Gasteiger partial charge in [-0.05, 0) is 55.7 Å².